The Morgan fingerprint density at radius 2 is 1.81 bits per heavy atom. The summed E-state index contributed by atoms with van der Waals surface area (Å²) in [5, 5.41) is 13.6. The first-order chi connectivity index (χ1) is 18.1. The first kappa shape index (κ1) is 24.6. The highest BCUT2D eigenvalue weighted by molar-refractivity contribution is 5.94. The largest absolute Gasteiger partial charge is 0.395 e. The van der Waals surface area contributed by atoms with Crippen LogP contribution in [0.3, 0.4) is 0 Å². The molecule has 1 saturated heterocycles. The van der Waals surface area contributed by atoms with Crippen LogP contribution in [-0.2, 0) is 6.54 Å². The topological polar surface area (TPSA) is 120 Å². The minimum absolute atomic E-state index is 0.0266. The highest BCUT2D eigenvalue weighted by atomic mass is 16.3. The molecule has 9 nitrogen and oxygen atoms in total. The zero-order valence-electron chi connectivity index (χ0n) is 20.6. The second-order valence-corrected chi connectivity index (χ2v) is 9.06. The maximum atomic E-state index is 13.0. The smallest absolute Gasteiger partial charge is 0.253 e. The monoisotopic (exact) mass is 497 g/mol. The number of nitrogens with one attached hydrogen (secondary N) is 2. The van der Waals surface area contributed by atoms with Gasteiger partial charge in [0.05, 0.1) is 23.5 Å². The number of hydrogen-bond acceptors (Lipinski definition) is 8. The van der Waals surface area contributed by atoms with Crippen LogP contribution in [0.2, 0.25) is 0 Å². The Morgan fingerprint density at radius 1 is 1.00 bits per heavy atom. The Kier molecular flexibility index (Phi) is 7.55. The minimum atomic E-state index is 0.0266. The first-order valence-electron chi connectivity index (χ1n) is 12.4. The van der Waals surface area contributed by atoms with Gasteiger partial charge in [-0.05, 0) is 48.0 Å². The molecule has 0 saturated carbocycles. The average Bonchev–Trinajstić information content (AvgIpc) is 2.96. The second-order valence-electron chi connectivity index (χ2n) is 9.06. The van der Waals surface area contributed by atoms with Crippen molar-refractivity contribution < 1.29 is 9.90 Å². The number of piperazine rings is 1. The van der Waals surface area contributed by atoms with Crippen molar-refractivity contribution in [2.24, 2.45) is 5.84 Å². The summed E-state index contributed by atoms with van der Waals surface area (Å²) in [6.07, 6.45) is 1.79. The summed E-state index contributed by atoms with van der Waals surface area (Å²) in [6, 6.07) is 21.5. The number of pyridine rings is 2. The maximum Gasteiger partial charge on any atom is 0.253 e. The molecule has 5 N–H and O–H groups in total. The number of hydrogen-bond donors (Lipinski definition) is 4. The molecule has 0 unspecified atom stereocenters. The van der Waals surface area contributed by atoms with Crippen LogP contribution < -0.4 is 16.6 Å². The molecule has 0 radical (unpaired) electrons. The highest BCUT2D eigenvalue weighted by Crippen LogP contribution is 2.26. The summed E-state index contributed by atoms with van der Waals surface area (Å²) in [5.41, 5.74) is 7.81. The number of amides is 1. The van der Waals surface area contributed by atoms with Crippen LogP contribution in [0.4, 0.5) is 11.5 Å². The van der Waals surface area contributed by atoms with Crippen molar-refractivity contribution in [3.63, 3.8) is 0 Å². The van der Waals surface area contributed by atoms with Gasteiger partial charge in [0.25, 0.3) is 5.91 Å². The van der Waals surface area contributed by atoms with Gasteiger partial charge in [-0.3, -0.25) is 20.5 Å². The molecule has 1 aliphatic heterocycles. The van der Waals surface area contributed by atoms with Crippen molar-refractivity contribution in [1.29, 1.82) is 0 Å². The van der Waals surface area contributed by atoms with E-state index in [1.165, 1.54) is 0 Å². The molecule has 2 aromatic heterocycles. The number of nitrogens with zero attached hydrogens (tertiary/aromatic N) is 4. The number of fused-ring (bicyclic) bond motifs is 1. The van der Waals surface area contributed by atoms with Crippen LogP contribution in [0.5, 0.6) is 0 Å². The van der Waals surface area contributed by atoms with E-state index in [-0.39, 0.29) is 12.5 Å². The third-order valence-corrected chi connectivity index (χ3v) is 6.68. The number of hydrazine groups is 1. The fourth-order valence-electron chi connectivity index (χ4n) is 4.57. The van der Waals surface area contributed by atoms with Crippen molar-refractivity contribution >= 4 is 28.3 Å². The highest BCUT2D eigenvalue weighted by Gasteiger charge is 2.21. The normalized spacial score (nSPS) is 14.1. The summed E-state index contributed by atoms with van der Waals surface area (Å²) < 4.78 is 0. The predicted molar refractivity (Wildman–Crippen MR) is 146 cm³/mol. The molecule has 190 valence electrons. The molecule has 9 heteroatoms. The molecule has 0 spiro atoms. The Hall–Kier alpha value is -4.05. The van der Waals surface area contributed by atoms with Crippen molar-refractivity contribution in [2.75, 3.05) is 50.1 Å². The molecule has 0 aliphatic carbocycles. The summed E-state index contributed by atoms with van der Waals surface area (Å²) in [7, 11) is 0. The predicted octanol–water partition coefficient (Wildman–Crippen LogP) is 2.94. The van der Waals surface area contributed by atoms with Gasteiger partial charge in [0, 0.05) is 62.0 Å². The van der Waals surface area contributed by atoms with Crippen LogP contribution in [0.15, 0.2) is 72.9 Å². The molecule has 1 fully saturated rings. The number of benzene rings is 2. The molecule has 2 aromatic carbocycles. The lowest BCUT2D eigenvalue weighted by Gasteiger charge is -2.34. The van der Waals surface area contributed by atoms with E-state index in [0.29, 0.717) is 43.2 Å². The zero-order valence-corrected chi connectivity index (χ0v) is 20.6. The summed E-state index contributed by atoms with van der Waals surface area (Å²) >= 11 is 0. The Morgan fingerprint density at radius 3 is 2.57 bits per heavy atom. The van der Waals surface area contributed by atoms with Gasteiger partial charge in [-0.25, -0.2) is 4.98 Å². The quantitative estimate of drug-likeness (QED) is 0.217. The van der Waals surface area contributed by atoms with Gasteiger partial charge in [-0.1, -0.05) is 24.3 Å². The Balaban J connectivity index is 1.27. The molecule has 5 rings (SSSR count). The number of rotatable bonds is 8. The number of aliphatic hydroxyl groups is 1. The van der Waals surface area contributed by atoms with E-state index in [1.807, 2.05) is 65.6 Å². The molecule has 0 atom stereocenters. The fraction of sp³-hybridized carbons (Fsp3) is 0.250. The molecule has 37 heavy (non-hydrogen) atoms. The number of aliphatic hydroxyl groups excluding tert-OH is 1. The van der Waals surface area contributed by atoms with E-state index in [2.05, 4.69) is 26.7 Å². The molecule has 1 amide bonds. The lowest BCUT2D eigenvalue weighted by atomic mass is 10.1. The SMILES string of the molecule is NNc1ccc(-c2ccc(C(=O)N3CCN(CCO)CC3)cc2)nc1NCc1ccc2ncccc2c1. The summed E-state index contributed by atoms with van der Waals surface area (Å²) in [5.74, 6) is 6.41. The van der Waals surface area contributed by atoms with E-state index in [1.54, 1.807) is 6.20 Å². The van der Waals surface area contributed by atoms with Crippen molar-refractivity contribution in [2.45, 2.75) is 6.54 Å². The van der Waals surface area contributed by atoms with Gasteiger partial charge in [0.15, 0.2) is 5.82 Å². The number of carbonyl (C=O) groups is 1. The Labute approximate surface area is 215 Å². The van der Waals surface area contributed by atoms with E-state index in [4.69, 9.17) is 15.9 Å². The van der Waals surface area contributed by atoms with Crippen molar-refractivity contribution in [1.82, 2.24) is 19.8 Å². The summed E-state index contributed by atoms with van der Waals surface area (Å²) in [6.45, 7) is 4.26. The zero-order chi connectivity index (χ0) is 25.6. The number of anilines is 2. The standard InChI is InChI=1S/C28H31N7O2/c29-33-26-10-9-25(32-27(26)31-19-20-3-8-24-23(18-20)2-1-11-30-24)21-4-6-22(7-5-21)28(37)35-14-12-34(13-15-35)16-17-36/h1-11,18,33,36H,12-17,19,29H2,(H,31,32). The van der Waals surface area contributed by atoms with Gasteiger partial charge < -0.3 is 20.7 Å². The van der Waals surface area contributed by atoms with Crippen LogP contribution in [0, 0.1) is 0 Å². The van der Waals surface area contributed by atoms with Gasteiger partial charge in [-0.2, -0.15) is 0 Å². The van der Waals surface area contributed by atoms with Gasteiger partial charge in [0.2, 0.25) is 0 Å². The summed E-state index contributed by atoms with van der Waals surface area (Å²) in [4.78, 5) is 26.2. The Bertz CT molecular complexity index is 1370. The lowest BCUT2D eigenvalue weighted by molar-refractivity contribution is 0.0615. The van der Waals surface area contributed by atoms with Gasteiger partial charge in [0.1, 0.15) is 0 Å². The van der Waals surface area contributed by atoms with Crippen molar-refractivity contribution in [3.8, 4) is 11.3 Å². The third kappa shape index (κ3) is 5.69. The minimum Gasteiger partial charge on any atom is -0.395 e. The number of nitrogens with two attached hydrogens (primary N) is 1. The van der Waals surface area contributed by atoms with E-state index in [9.17, 15) is 4.79 Å². The van der Waals surface area contributed by atoms with Crippen LogP contribution in [-0.4, -0.2) is 70.1 Å². The molecular formula is C28H31N7O2. The molecule has 0 bridgehead atoms. The molecular weight excluding hydrogens is 466 g/mol. The molecule has 1 aliphatic rings. The number of aromatic nitrogens is 2. The molecule has 3 heterocycles. The third-order valence-electron chi connectivity index (χ3n) is 6.68. The van der Waals surface area contributed by atoms with Gasteiger partial charge in [-0.15, -0.1) is 0 Å². The van der Waals surface area contributed by atoms with Crippen LogP contribution in [0.1, 0.15) is 15.9 Å². The average molecular weight is 498 g/mol. The molecule has 4 aromatic rings. The van der Waals surface area contributed by atoms with Gasteiger partial charge >= 0.3 is 0 Å². The first-order valence-corrected chi connectivity index (χ1v) is 12.4. The maximum absolute atomic E-state index is 13.0. The number of β-amino-alcohol motifs (C(OH)–C–C–N with tert-alkyl or cyclic N) is 1. The lowest BCUT2D eigenvalue weighted by Crippen LogP contribution is -2.49. The second kappa shape index (κ2) is 11.3. The van der Waals surface area contributed by atoms with E-state index < -0.39 is 0 Å². The van der Waals surface area contributed by atoms with E-state index in [0.717, 1.165) is 40.8 Å². The van der Waals surface area contributed by atoms with E-state index >= 15 is 0 Å². The van der Waals surface area contributed by atoms with Crippen LogP contribution in [0.25, 0.3) is 22.2 Å². The number of carbonyl (C=O) groups excluding carboxylic acids is 1. The number of nitrogen functional groups attached to an aromatic ring is 1. The van der Waals surface area contributed by atoms with Crippen molar-refractivity contribution in [3.05, 3.63) is 84.1 Å². The fourth-order valence-corrected chi connectivity index (χ4v) is 4.57. The van der Waals surface area contributed by atoms with Crippen LogP contribution >= 0.6 is 0 Å².